The van der Waals surface area contributed by atoms with Crippen LogP contribution in [0.1, 0.15) is 11.3 Å². The van der Waals surface area contributed by atoms with Gasteiger partial charge in [-0.2, -0.15) is 0 Å². The van der Waals surface area contributed by atoms with Crippen molar-refractivity contribution in [3.05, 3.63) is 63.4 Å². The quantitative estimate of drug-likeness (QED) is 0.656. The van der Waals surface area contributed by atoms with Gasteiger partial charge in [-0.05, 0) is 53.9 Å². The normalized spacial score (nSPS) is 11.0. The van der Waals surface area contributed by atoms with Gasteiger partial charge in [-0.3, -0.25) is 0 Å². The van der Waals surface area contributed by atoms with E-state index in [9.17, 15) is 0 Å². The van der Waals surface area contributed by atoms with E-state index in [2.05, 4.69) is 34.0 Å². The molecular weight excluding hydrogens is 377 g/mol. The summed E-state index contributed by atoms with van der Waals surface area (Å²) in [5.41, 5.74) is 2.07. The molecule has 0 aliphatic carbocycles. The Hall–Kier alpha value is -1.53. The average Bonchev–Trinajstić information content (AvgIpc) is 2.84. The lowest BCUT2D eigenvalue weighted by Crippen LogP contribution is -2.07. The van der Waals surface area contributed by atoms with E-state index in [4.69, 9.17) is 9.15 Å². The molecule has 0 saturated carbocycles. The molecule has 0 atom stereocenters. The van der Waals surface area contributed by atoms with Crippen LogP contribution < -0.4 is 10.1 Å². The van der Waals surface area contributed by atoms with Crippen molar-refractivity contribution in [2.24, 2.45) is 0 Å². The lowest BCUT2D eigenvalue weighted by molar-refractivity contribution is 0.272. The Morgan fingerprint density at radius 2 is 2.00 bits per heavy atom. The molecule has 21 heavy (non-hydrogen) atoms. The average molecular weight is 393 g/mol. The highest BCUT2D eigenvalue weighted by molar-refractivity contribution is 14.1. The van der Waals surface area contributed by atoms with Crippen LogP contribution in [0.4, 0.5) is 0 Å². The van der Waals surface area contributed by atoms with Crippen LogP contribution in [0.2, 0.25) is 0 Å². The minimum atomic E-state index is 0.436. The summed E-state index contributed by atoms with van der Waals surface area (Å²) < 4.78 is 13.0. The Morgan fingerprint density at radius 1 is 1.14 bits per heavy atom. The SMILES string of the molecule is CNCc1c(COc2cccc(I)c2)oc2ccccc12. The highest BCUT2D eigenvalue weighted by atomic mass is 127. The summed E-state index contributed by atoms with van der Waals surface area (Å²) in [6.07, 6.45) is 0. The summed E-state index contributed by atoms with van der Waals surface area (Å²) in [7, 11) is 1.94. The number of hydrogen-bond acceptors (Lipinski definition) is 3. The predicted molar refractivity (Wildman–Crippen MR) is 92.5 cm³/mol. The molecule has 3 rings (SSSR count). The summed E-state index contributed by atoms with van der Waals surface area (Å²) in [5, 5.41) is 4.34. The number of halogens is 1. The van der Waals surface area contributed by atoms with Crippen LogP contribution in [0.3, 0.4) is 0 Å². The lowest BCUT2D eigenvalue weighted by atomic mass is 10.1. The molecule has 0 spiro atoms. The van der Waals surface area contributed by atoms with Gasteiger partial charge in [0.2, 0.25) is 0 Å². The zero-order valence-electron chi connectivity index (χ0n) is 11.7. The van der Waals surface area contributed by atoms with Gasteiger partial charge in [0, 0.05) is 21.1 Å². The van der Waals surface area contributed by atoms with Crippen LogP contribution in [0, 0.1) is 3.57 Å². The first kappa shape index (κ1) is 14.4. The van der Waals surface area contributed by atoms with Gasteiger partial charge in [-0.25, -0.2) is 0 Å². The van der Waals surface area contributed by atoms with E-state index in [1.165, 1.54) is 5.56 Å². The number of para-hydroxylation sites is 1. The summed E-state index contributed by atoms with van der Waals surface area (Å²) in [5.74, 6) is 1.74. The first-order valence-corrected chi connectivity index (χ1v) is 7.88. The second-order valence-electron chi connectivity index (χ2n) is 4.78. The molecule has 0 radical (unpaired) electrons. The third-order valence-corrected chi connectivity index (χ3v) is 3.97. The maximum Gasteiger partial charge on any atom is 0.147 e. The van der Waals surface area contributed by atoms with Gasteiger partial charge in [0.05, 0.1) is 0 Å². The number of furan rings is 1. The first-order valence-electron chi connectivity index (χ1n) is 6.80. The van der Waals surface area contributed by atoms with Crippen LogP contribution in [-0.4, -0.2) is 7.05 Å². The van der Waals surface area contributed by atoms with Gasteiger partial charge in [-0.1, -0.05) is 24.3 Å². The molecule has 2 aromatic carbocycles. The van der Waals surface area contributed by atoms with E-state index in [1.54, 1.807) is 0 Å². The molecule has 1 aromatic heterocycles. The van der Waals surface area contributed by atoms with Gasteiger partial charge >= 0.3 is 0 Å². The molecule has 0 unspecified atom stereocenters. The fourth-order valence-corrected chi connectivity index (χ4v) is 2.86. The number of benzene rings is 2. The molecule has 3 nitrogen and oxygen atoms in total. The second kappa shape index (κ2) is 6.49. The zero-order chi connectivity index (χ0) is 14.7. The smallest absolute Gasteiger partial charge is 0.147 e. The van der Waals surface area contributed by atoms with E-state index in [1.807, 2.05) is 49.5 Å². The molecule has 1 N–H and O–H groups in total. The molecule has 0 bridgehead atoms. The fraction of sp³-hybridized carbons (Fsp3) is 0.176. The summed E-state index contributed by atoms with van der Waals surface area (Å²) in [6.45, 7) is 1.20. The lowest BCUT2D eigenvalue weighted by Gasteiger charge is -2.06. The van der Waals surface area contributed by atoms with Crippen molar-refractivity contribution in [3.63, 3.8) is 0 Å². The van der Waals surface area contributed by atoms with E-state index in [0.29, 0.717) is 6.61 Å². The van der Waals surface area contributed by atoms with Crippen molar-refractivity contribution >= 4 is 33.6 Å². The van der Waals surface area contributed by atoms with Gasteiger partial charge < -0.3 is 14.5 Å². The van der Waals surface area contributed by atoms with Crippen LogP contribution in [0.25, 0.3) is 11.0 Å². The van der Waals surface area contributed by atoms with E-state index < -0.39 is 0 Å². The third kappa shape index (κ3) is 3.22. The highest BCUT2D eigenvalue weighted by Gasteiger charge is 2.13. The third-order valence-electron chi connectivity index (χ3n) is 3.30. The molecule has 3 aromatic rings. The van der Waals surface area contributed by atoms with Crippen LogP contribution in [0.5, 0.6) is 5.75 Å². The summed E-state index contributed by atoms with van der Waals surface area (Å²) in [4.78, 5) is 0. The molecule has 0 aliphatic rings. The molecule has 0 saturated heterocycles. The van der Waals surface area contributed by atoms with E-state index >= 15 is 0 Å². The van der Waals surface area contributed by atoms with Crippen LogP contribution >= 0.6 is 22.6 Å². The molecule has 0 aliphatic heterocycles. The van der Waals surface area contributed by atoms with Gasteiger partial charge in [0.25, 0.3) is 0 Å². The van der Waals surface area contributed by atoms with Crippen molar-refractivity contribution in [2.45, 2.75) is 13.2 Å². The number of nitrogens with one attached hydrogen (secondary N) is 1. The van der Waals surface area contributed by atoms with Crippen LogP contribution in [-0.2, 0) is 13.2 Å². The molecule has 0 fully saturated rings. The Labute approximate surface area is 137 Å². The van der Waals surface area contributed by atoms with Gasteiger partial charge in [0.1, 0.15) is 23.7 Å². The van der Waals surface area contributed by atoms with Crippen molar-refractivity contribution in [2.75, 3.05) is 7.05 Å². The van der Waals surface area contributed by atoms with Crippen LogP contribution in [0.15, 0.2) is 52.9 Å². The topological polar surface area (TPSA) is 34.4 Å². The molecule has 108 valence electrons. The Balaban J connectivity index is 1.87. The van der Waals surface area contributed by atoms with E-state index in [0.717, 1.165) is 32.6 Å². The Morgan fingerprint density at radius 3 is 2.81 bits per heavy atom. The maximum atomic E-state index is 5.94. The van der Waals surface area contributed by atoms with Crippen molar-refractivity contribution in [1.82, 2.24) is 5.32 Å². The second-order valence-corrected chi connectivity index (χ2v) is 6.02. The minimum absolute atomic E-state index is 0.436. The largest absolute Gasteiger partial charge is 0.486 e. The monoisotopic (exact) mass is 393 g/mol. The van der Waals surface area contributed by atoms with Gasteiger partial charge in [0.15, 0.2) is 0 Å². The van der Waals surface area contributed by atoms with E-state index in [-0.39, 0.29) is 0 Å². The summed E-state index contributed by atoms with van der Waals surface area (Å²) in [6, 6.07) is 16.1. The minimum Gasteiger partial charge on any atom is -0.486 e. The number of hydrogen-bond donors (Lipinski definition) is 1. The van der Waals surface area contributed by atoms with Crippen molar-refractivity contribution in [3.8, 4) is 5.75 Å². The first-order chi connectivity index (χ1) is 10.3. The zero-order valence-corrected chi connectivity index (χ0v) is 13.9. The highest BCUT2D eigenvalue weighted by Crippen LogP contribution is 2.27. The summed E-state index contributed by atoms with van der Waals surface area (Å²) >= 11 is 2.28. The molecule has 0 amide bonds. The molecule has 1 heterocycles. The standard InChI is InChI=1S/C17H16INO2/c1-19-10-15-14-7-2-3-8-16(14)21-17(15)11-20-13-6-4-5-12(18)9-13/h2-9,19H,10-11H2,1H3. The molecule has 4 heteroatoms. The number of fused-ring (bicyclic) bond motifs is 1. The number of ether oxygens (including phenoxy) is 1. The Kier molecular flexibility index (Phi) is 4.45. The van der Waals surface area contributed by atoms with Gasteiger partial charge in [-0.15, -0.1) is 0 Å². The predicted octanol–water partition coefficient (Wildman–Crippen LogP) is 4.34. The number of rotatable bonds is 5. The van der Waals surface area contributed by atoms with Crippen molar-refractivity contribution < 1.29 is 9.15 Å². The maximum absolute atomic E-state index is 5.94. The fourth-order valence-electron chi connectivity index (χ4n) is 2.34. The molecular formula is C17H16INO2. The van der Waals surface area contributed by atoms with Crippen molar-refractivity contribution in [1.29, 1.82) is 0 Å². The Bertz CT molecular complexity index is 751.